The molecule has 4 rings (SSSR count). The quantitative estimate of drug-likeness (QED) is 0.659. The molecule has 0 radical (unpaired) electrons. The Morgan fingerprint density at radius 2 is 2.03 bits per heavy atom. The summed E-state index contributed by atoms with van der Waals surface area (Å²) in [6.45, 7) is 8.52. The Hall–Kier alpha value is -2.60. The summed E-state index contributed by atoms with van der Waals surface area (Å²) in [6, 6.07) is 10.0. The Morgan fingerprint density at radius 1 is 1.22 bits per heavy atom. The molecule has 1 aliphatic heterocycles. The minimum atomic E-state index is -0.0651. The van der Waals surface area contributed by atoms with Gasteiger partial charge in [0.2, 0.25) is 0 Å². The van der Waals surface area contributed by atoms with E-state index in [1.165, 1.54) is 0 Å². The number of benzene rings is 1. The van der Waals surface area contributed by atoms with Crippen molar-refractivity contribution in [2.24, 2.45) is 5.92 Å². The summed E-state index contributed by atoms with van der Waals surface area (Å²) in [5, 5.41) is 3.23. The second-order valence-electron chi connectivity index (χ2n) is 9.35. The minimum Gasteiger partial charge on any atom is -0.489 e. The van der Waals surface area contributed by atoms with Crippen molar-refractivity contribution in [1.82, 2.24) is 10.3 Å². The molecule has 1 aromatic carbocycles. The highest BCUT2D eigenvalue weighted by Gasteiger charge is 2.28. The van der Waals surface area contributed by atoms with Crippen molar-refractivity contribution in [3.63, 3.8) is 0 Å². The molecular formula is C26H35N3O3. The van der Waals surface area contributed by atoms with E-state index >= 15 is 0 Å². The maximum Gasteiger partial charge on any atom is 0.255 e. The average Bonchev–Trinajstić information content (AvgIpc) is 2.80. The zero-order valence-electron chi connectivity index (χ0n) is 19.5. The zero-order valence-corrected chi connectivity index (χ0v) is 19.5. The van der Waals surface area contributed by atoms with Gasteiger partial charge in [0.25, 0.3) is 5.91 Å². The molecule has 2 heterocycles. The number of fused-ring (bicyclic) bond motifs is 1. The van der Waals surface area contributed by atoms with Gasteiger partial charge in [0.1, 0.15) is 12.4 Å². The number of para-hydroxylation sites is 1. The molecule has 172 valence electrons. The van der Waals surface area contributed by atoms with Crippen LogP contribution in [0.3, 0.4) is 0 Å². The van der Waals surface area contributed by atoms with Gasteiger partial charge >= 0.3 is 0 Å². The Morgan fingerprint density at radius 3 is 2.75 bits per heavy atom. The number of rotatable bonds is 7. The molecule has 0 unspecified atom stereocenters. The summed E-state index contributed by atoms with van der Waals surface area (Å²) in [5.41, 5.74) is 2.60. The van der Waals surface area contributed by atoms with E-state index < -0.39 is 0 Å². The van der Waals surface area contributed by atoms with Gasteiger partial charge in [-0.3, -0.25) is 4.79 Å². The highest BCUT2D eigenvalue weighted by atomic mass is 16.5. The topological polar surface area (TPSA) is 63.7 Å². The van der Waals surface area contributed by atoms with Crippen molar-refractivity contribution in [3.05, 3.63) is 47.7 Å². The molecule has 1 aliphatic carbocycles. The van der Waals surface area contributed by atoms with Crippen LogP contribution in [0.2, 0.25) is 0 Å². The Labute approximate surface area is 191 Å². The van der Waals surface area contributed by atoms with Gasteiger partial charge in [0.05, 0.1) is 23.9 Å². The van der Waals surface area contributed by atoms with E-state index in [2.05, 4.69) is 35.1 Å². The minimum absolute atomic E-state index is 0.0651. The molecule has 1 fully saturated rings. The number of aryl methyl sites for hydroxylation is 1. The smallest absolute Gasteiger partial charge is 0.255 e. The van der Waals surface area contributed by atoms with Gasteiger partial charge < -0.3 is 19.7 Å². The van der Waals surface area contributed by atoms with E-state index in [1.807, 2.05) is 37.4 Å². The van der Waals surface area contributed by atoms with Crippen LogP contribution in [0.25, 0.3) is 0 Å². The van der Waals surface area contributed by atoms with Crippen LogP contribution in [-0.2, 0) is 4.74 Å². The van der Waals surface area contributed by atoms with Gasteiger partial charge in [-0.05, 0) is 68.7 Å². The molecule has 1 amide bonds. The van der Waals surface area contributed by atoms with Crippen LogP contribution in [-0.4, -0.2) is 42.8 Å². The Kier molecular flexibility index (Phi) is 7.30. The summed E-state index contributed by atoms with van der Waals surface area (Å²) < 4.78 is 12.0. The summed E-state index contributed by atoms with van der Waals surface area (Å²) >= 11 is 0. The van der Waals surface area contributed by atoms with Gasteiger partial charge in [-0.15, -0.1) is 0 Å². The summed E-state index contributed by atoms with van der Waals surface area (Å²) in [4.78, 5) is 19.8. The number of pyridine rings is 1. The summed E-state index contributed by atoms with van der Waals surface area (Å²) in [5.74, 6) is 2.12. The number of hydrogen-bond acceptors (Lipinski definition) is 5. The molecule has 6 nitrogen and oxygen atoms in total. The van der Waals surface area contributed by atoms with Crippen molar-refractivity contribution in [2.75, 3.05) is 24.7 Å². The van der Waals surface area contributed by atoms with Crippen molar-refractivity contribution in [2.45, 2.75) is 65.0 Å². The van der Waals surface area contributed by atoms with Gasteiger partial charge in [0.15, 0.2) is 5.75 Å². The van der Waals surface area contributed by atoms with Crippen molar-refractivity contribution < 1.29 is 14.3 Å². The van der Waals surface area contributed by atoms with Crippen LogP contribution >= 0.6 is 0 Å². The lowest BCUT2D eigenvalue weighted by Crippen LogP contribution is -2.39. The average molecular weight is 438 g/mol. The van der Waals surface area contributed by atoms with E-state index in [-0.39, 0.29) is 11.9 Å². The molecule has 1 N–H and O–H groups in total. The first-order valence-corrected chi connectivity index (χ1v) is 11.9. The summed E-state index contributed by atoms with van der Waals surface area (Å²) in [6.07, 6.45) is 7.19. The van der Waals surface area contributed by atoms with Crippen molar-refractivity contribution >= 4 is 17.4 Å². The van der Waals surface area contributed by atoms with E-state index in [0.29, 0.717) is 36.5 Å². The molecule has 0 bridgehead atoms. The van der Waals surface area contributed by atoms with E-state index in [4.69, 9.17) is 9.47 Å². The first-order chi connectivity index (χ1) is 15.5. The number of hydrogen-bond donors (Lipinski definition) is 1. The molecule has 0 spiro atoms. The number of nitrogens with zero attached hydrogens (tertiary/aromatic N) is 2. The molecule has 1 saturated carbocycles. The first-order valence-electron chi connectivity index (χ1n) is 11.9. The molecule has 0 atom stereocenters. The molecule has 2 aliphatic rings. The predicted octanol–water partition coefficient (Wildman–Crippen LogP) is 5.02. The maximum atomic E-state index is 13.1. The number of amides is 1. The maximum absolute atomic E-state index is 13.1. The number of carbonyl (C=O) groups excluding carboxylic acids is 1. The van der Waals surface area contributed by atoms with E-state index in [1.54, 1.807) is 0 Å². The lowest BCUT2D eigenvalue weighted by molar-refractivity contribution is 0.0172. The molecule has 6 heteroatoms. The van der Waals surface area contributed by atoms with Gasteiger partial charge in [-0.25, -0.2) is 4.98 Å². The number of carbonyl (C=O) groups is 1. The second kappa shape index (κ2) is 10.3. The predicted molar refractivity (Wildman–Crippen MR) is 127 cm³/mol. The molecule has 2 aromatic rings. The third-order valence-corrected chi connectivity index (χ3v) is 6.32. The molecule has 0 saturated heterocycles. The van der Waals surface area contributed by atoms with Crippen LogP contribution < -0.4 is 15.0 Å². The second-order valence-corrected chi connectivity index (χ2v) is 9.35. The largest absolute Gasteiger partial charge is 0.489 e. The fourth-order valence-corrected chi connectivity index (χ4v) is 4.39. The van der Waals surface area contributed by atoms with Crippen LogP contribution in [0.15, 0.2) is 36.5 Å². The normalized spacial score (nSPS) is 20.6. The standard InChI is InChI=1S/C26H35N3O3/c1-18(2)13-15-31-21-10-8-20(9-11-21)28-26(30)22-5-4-6-23-25(22)32-16-14-29(23)24-12-7-19(3)17-27-24/h4-7,12,17-18,20-21H,8-11,13-16H2,1-3H3,(H,28,30). The van der Waals surface area contributed by atoms with E-state index in [9.17, 15) is 4.79 Å². The van der Waals surface area contributed by atoms with Crippen molar-refractivity contribution in [3.8, 4) is 5.75 Å². The molecule has 1 aromatic heterocycles. The highest BCUT2D eigenvalue weighted by Crippen LogP contribution is 2.38. The number of aromatic nitrogens is 1. The van der Waals surface area contributed by atoms with Crippen LogP contribution in [0.5, 0.6) is 5.75 Å². The Bertz CT molecular complexity index is 905. The van der Waals surface area contributed by atoms with Crippen LogP contribution in [0.1, 0.15) is 61.9 Å². The van der Waals surface area contributed by atoms with Gasteiger partial charge in [0, 0.05) is 18.8 Å². The first kappa shape index (κ1) is 22.6. The third-order valence-electron chi connectivity index (χ3n) is 6.32. The highest BCUT2D eigenvalue weighted by molar-refractivity contribution is 5.99. The SMILES string of the molecule is Cc1ccc(N2CCOc3c(C(=O)NC4CCC(OCCC(C)C)CC4)cccc32)nc1. The third kappa shape index (κ3) is 5.41. The molecular weight excluding hydrogens is 402 g/mol. The Balaban J connectivity index is 1.39. The van der Waals surface area contributed by atoms with Crippen molar-refractivity contribution in [1.29, 1.82) is 0 Å². The summed E-state index contributed by atoms with van der Waals surface area (Å²) in [7, 11) is 0. The van der Waals surface area contributed by atoms with Crippen LogP contribution in [0, 0.1) is 12.8 Å². The number of ether oxygens (including phenoxy) is 2. The molecule has 32 heavy (non-hydrogen) atoms. The monoisotopic (exact) mass is 437 g/mol. The number of nitrogens with one attached hydrogen (secondary N) is 1. The fourth-order valence-electron chi connectivity index (χ4n) is 4.39. The fraction of sp³-hybridized carbons (Fsp3) is 0.538. The van der Waals surface area contributed by atoms with Crippen LogP contribution in [0.4, 0.5) is 11.5 Å². The van der Waals surface area contributed by atoms with Gasteiger partial charge in [-0.1, -0.05) is 26.0 Å². The zero-order chi connectivity index (χ0) is 22.5. The van der Waals surface area contributed by atoms with E-state index in [0.717, 1.165) is 55.8 Å². The lowest BCUT2D eigenvalue weighted by atomic mass is 9.92. The number of anilines is 2. The van der Waals surface area contributed by atoms with Gasteiger partial charge in [-0.2, -0.15) is 0 Å². The lowest BCUT2D eigenvalue weighted by Gasteiger charge is -2.32.